The topological polar surface area (TPSA) is 79.4 Å². The van der Waals surface area contributed by atoms with Gasteiger partial charge in [0, 0.05) is 43.3 Å². The highest BCUT2D eigenvalue weighted by Crippen LogP contribution is 2.37. The highest BCUT2D eigenvalue weighted by atomic mass is 35.5. The first-order valence-corrected chi connectivity index (χ1v) is 15.6. The SMILES string of the molecule is O=C(c1ccc2c(c1)N(Cc1cccc(Cl)c1)C(=O)c1ccccc1[S@]2=O)N1CCN(Cc2ccc3c(c2)OCO3)CC1. The normalized spacial score (nSPS) is 17.8. The van der Waals surface area contributed by atoms with Crippen LogP contribution in [-0.2, 0) is 23.9 Å². The fourth-order valence-corrected chi connectivity index (χ4v) is 7.32. The number of amides is 2. The molecule has 4 aromatic carbocycles. The molecule has 0 bridgehead atoms. The molecule has 0 radical (unpaired) electrons. The molecule has 4 aromatic rings. The van der Waals surface area contributed by atoms with Gasteiger partial charge < -0.3 is 19.3 Å². The van der Waals surface area contributed by atoms with Gasteiger partial charge in [-0.05, 0) is 65.7 Å². The van der Waals surface area contributed by atoms with Crippen LogP contribution in [0.2, 0.25) is 5.02 Å². The lowest BCUT2D eigenvalue weighted by Gasteiger charge is -2.35. The zero-order valence-electron chi connectivity index (χ0n) is 23.2. The van der Waals surface area contributed by atoms with Gasteiger partial charge in [0.1, 0.15) is 0 Å². The lowest BCUT2D eigenvalue weighted by atomic mass is 10.1. The lowest BCUT2D eigenvalue weighted by molar-refractivity contribution is 0.0628. The summed E-state index contributed by atoms with van der Waals surface area (Å²) in [5.74, 6) is 1.14. The number of rotatable bonds is 5. The second-order valence-corrected chi connectivity index (χ2v) is 12.6. The van der Waals surface area contributed by atoms with Crippen LogP contribution in [0.1, 0.15) is 31.8 Å². The van der Waals surface area contributed by atoms with Gasteiger partial charge >= 0.3 is 0 Å². The summed E-state index contributed by atoms with van der Waals surface area (Å²) in [4.78, 5) is 34.3. The van der Waals surface area contributed by atoms with E-state index >= 15 is 0 Å². The van der Waals surface area contributed by atoms with Crippen molar-refractivity contribution < 1.29 is 23.3 Å². The Bertz CT molecular complexity index is 1770. The fourth-order valence-electron chi connectivity index (χ4n) is 5.76. The van der Waals surface area contributed by atoms with E-state index in [-0.39, 0.29) is 25.2 Å². The Balaban J connectivity index is 1.13. The Labute approximate surface area is 256 Å². The van der Waals surface area contributed by atoms with E-state index in [0.29, 0.717) is 44.7 Å². The monoisotopic (exact) mass is 613 g/mol. The number of carbonyl (C=O) groups excluding carboxylic acids is 2. The van der Waals surface area contributed by atoms with Crippen molar-refractivity contribution in [3.63, 3.8) is 0 Å². The van der Waals surface area contributed by atoms with E-state index in [4.69, 9.17) is 21.1 Å². The highest BCUT2D eigenvalue weighted by molar-refractivity contribution is 7.85. The van der Waals surface area contributed by atoms with Crippen molar-refractivity contribution in [3.05, 3.63) is 112 Å². The van der Waals surface area contributed by atoms with Crippen LogP contribution in [0.4, 0.5) is 5.69 Å². The number of halogens is 1. The van der Waals surface area contributed by atoms with Gasteiger partial charge in [-0.1, -0.05) is 41.9 Å². The van der Waals surface area contributed by atoms with Gasteiger partial charge in [0.25, 0.3) is 11.8 Å². The number of ether oxygens (including phenoxy) is 2. The van der Waals surface area contributed by atoms with Crippen LogP contribution >= 0.6 is 11.6 Å². The lowest BCUT2D eigenvalue weighted by Crippen LogP contribution is -2.48. The van der Waals surface area contributed by atoms with Crippen molar-refractivity contribution in [1.29, 1.82) is 0 Å². The molecule has 1 atom stereocenters. The molecular formula is C33H28ClN3O5S. The van der Waals surface area contributed by atoms with Crippen molar-refractivity contribution in [2.45, 2.75) is 22.9 Å². The summed E-state index contributed by atoms with van der Waals surface area (Å²) < 4.78 is 24.7. The first kappa shape index (κ1) is 27.6. The average molecular weight is 614 g/mol. The van der Waals surface area contributed by atoms with Crippen LogP contribution in [-0.4, -0.2) is 58.8 Å². The molecule has 2 amide bonds. The largest absolute Gasteiger partial charge is 0.454 e. The minimum atomic E-state index is -1.60. The molecule has 218 valence electrons. The smallest absolute Gasteiger partial charge is 0.259 e. The number of benzene rings is 4. The van der Waals surface area contributed by atoms with E-state index in [1.807, 2.05) is 35.2 Å². The van der Waals surface area contributed by atoms with Crippen molar-refractivity contribution in [1.82, 2.24) is 9.80 Å². The summed E-state index contributed by atoms with van der Waals surface area (Å²) in [5, 5.41) is 0.561. The Hall–Kier alpha value is -4.18. The predicted molar refractivity (Wildman–Crippen MR) is 163 cm³/mol. The fraction of sp³-hybridized carbons (Fsp3) is 0.212. The third kappa shape index (κ3) is 5.40. The number of piperazine rings is 1. The number of nitrogens with zero attached hydrogens (tertiary/aromatic N) is 3. The van der Waals surface area contributed by atoms with E-state index in [1.165, 1.54) is 0 Å². The summed E-state index contributed by atoms with van der Waals surface area (Å²) in [5.41, 5.74) is 3.26. The van der Waals surface area contributed by atoms with Gasteiger partial charge in [0.2, 0.25) is 6.79 Å². The van der Waals surface area contributed by atoms with Crippen molar-refractivity contribution in [3.8, 4) is 11.5 Å². The molecule has 0 unspecified atom stereocenters. The summed E-state index contributed by atoms with van der Waals surface area (Å²) in [7, 11) is -1.60. The van der Waals surface area contributed by atoms with E-state index in [1.54, 1.807) is 59.5 Å². The van der Waals surface area contributed by atoms with E-state index in [0.717, 1.165) is 42.3 Å². The first-order valence-electron chi connectivity index (χ1n) is 14.1. The highest BCUT2D eigenvalue weighted by Gasteiger charge is 2.32. The molecule has 3 heterocycles. The molecule has 3 aliphatic rings. The molecule has 1 saturated heterocycles. The van der Waals surface area contributed by atoms with Crippen LogP contribution in [0, 0.1) is 0 Å². The molecule has 7 rings (SSSR count). The molecule has 43 heavy (non-hydrogen) atoms. The third-order valence-electron chi connectivity index (χ3n) is 7.99. The predicted octanol–water partition coefficient (Wildman–Crippen LogP) is 5.35. The van der Waals surface area contributed by atoms with Gasteiger partial charge in [0.15, 0.2) is 11.5 Å². The second kappa shape index (κ2) is 11.5. The van der Waals surface area contributed by atoms with Crippen LogP contribution < -0.4 is 14.4 Å². The maximum Gasteiger partial charge on any atom is 0.259 e. The van der Waals surface area contributed by atoms with Crippen molar-refractivity contribution >= 4 is 39.9 Å². The van der Waals surface area contributed by atoms with Gasteiger partial charge in [-0.25, -0.2) is 4.21 Å². The Kier molecular flexibility index (Phi) is 7.38. The second-order valence-electron chi connectivity index (χ2n) is 10.7. The van der Waals surface area contributed by atoms with Crippen molar-refractivity contribution in [2.75, 3.05) is 37.9 Å². The molecule has 0 spiro atoms. The number of hydrogen-bond donors (Lipinski definition) is 0. The quantitative estimate of drug-likeness (QED) is 0.302. The summed E-state index contributed by atoms with van der Waals surface area (Å²) in [6.07, 6.45) is 0. The number of carbonyl (C=O) groups is 2. The molecule has 0 saturated carbocycles. The molecule has 3 aliphatic heterocycles. The van der Waals surface area contributed by atoms with Gasteiger partial charge in [0.05, 0.1) is 38.4 Å². The van der Waals surface area contributed by atoms with Gasteiger partial charge in [-0.3, -0.25) is 14.5 Å². The zero-order chi connectivity index (χ0) is 29.5. The standard InChI is InChI=1S/C33H28ClN3O5S/c34-25-5-3-4-22(16-25)20-37-27-18-24(9-11-31(27)43(40)30-7-2-1-6-26(30)33(37)39)32(38)36-14-12-35(13-15-36)19-23-8-10-28-29(17-23)42-21-41-28/h1-11,16-18H,12-15,19-21H2/t43-/m1/s1. The third-order valence-corrected chi connectivity index (χ3v) is 9.73. The molecule has 8 nitrogen and oxygen atoms in total. The van der Waals surface area contributed by atoms with Crippen LogP contribution in [0.3, 0.4) is 0 Å². The summed E-state index contributed by atoms with van der Waals surface area (Å²) in [6.45, 7) is 3.82. The molecule has 1 fully saturated rings. The van der Waals surface area contributed by atoms with E-state index in [9.17, 15) is 13.8 Å². The molecule has 0 aliphatic carbocycles. The maximum absolute atomic E-state index is 13.9. The van der Waals surface area contributed by atoms with Gasteiger partial charge in [-0.15, -0.1) is 0 Å². The Morgan fingerprint density at radius 1 is 0.791 bits per heavy atom. The Morgan fingerprint density at radius 3 is 2.42 bits per heavy atom. The molecule has 0 N–H and O–H groups in total. The summed E-state index contributed by atoms with van der Waals surface area (Å²) in [6, 6.07) is 25.4. The molecule has 0 aromatic heterocycles. The maximum atomic E-state index is 13.9. The number of fused-ring (bicyclic) bond motifs is 3. The van der Waals surface area contributed by atoms with Gasteiger partial charge in [-0.2, -0.15) is 0 Å². The first-order chi connectivity index (χ1) is 20.9. The molecule has 10 heteroatoms. The summed E-state index contributed by atoms with van der Waals surface area (Å²) >= 11 is 6.25. The average Bonchev–Trinajstić information content (AvgIpc) is 3.48. The van der Waals surface area contributed by atoms with E-state index in [2.05, 4.69) is 4.90 Å². The number of anilines is 1. The van der Waals surface area contributed by atoms with Crippen LogP contribution in [0.25, 0.3) is 0 Å². The van der Waals surface area contributed by atoms with Crippen LogP contribution in [0.15, 0.2) is 94.7 Å². The van der Waals surface area contributed by atoms with Crippen molar-refractivity contribution in [2.24, 2.45) is 0 Å². The minimum absolute atomic E-state index is 0.117. The zero-order valence-corrected chi connectivity index (χ0v) is 24.8. The molecular weight excluding hydrogens is 586 g/mol. The Morgan fingerprint density at radius 2 is 1.58 bits per heavy atom. The van der Waals surface area contributed by atoms with E-state index < -0.39 is 10.8 Å². The minimum Gasteiger partial charge on any atom is -0.454 e. The number of hydrogen-bond acceptors (Lipinski definition) is 6. The van der Waals surface area contributed by atoms with Crippen LogP contribution in [0.5, 0.6) is 11.5 Å².